The van der Waals surface area contributed by atoms with E-state index in [-0.39, 0.29) is 5.91 Å². The Kier molecular flexibility index (Phi) is 4.67. The van der Waals surface area contributed by atoms with Crippen LogP contribution in [-0.4, -0.2) is 31.1 Å². The van der Waals surface area contributed by atoms with Crippen molar-refractivity contribution in [2.45, 2.75) is 12.3 Å². The number of nitrogens with one attached hydrogen (secondary N) is 1. The zero-order valence-corrected chi connectivity index (χ0v) is 13.5. The number of amides is 1. The van der Waals surface area contributed by atoms with Gasteiger partial charge in [0.2, 0.25) is 0 Å². The van der Waals surface area contributed by atoms with Gasteiger partial charge in [-0.15, -0.1) is 0 Å². The van der Waals surface area contributed by atoms with Gasteiger partial charge in [0, 0.05) is 19.3 Å². The molecule has 1 atom stereocenters. The topological polar surface area (TPSA) is 41.6 Å². The molecular weight excluding hydrogens is 333 g/mol. The van der Waals surface area contributed by atoms with E-state index in [9.17, 15) is 18.0 Å². The van der Waals surface area contributed by atoms with Crippen LogP contribution < -0.4 is 5.32 Å². The maximum Gasteiger partial charge on any atom is 0.416 e. The summed E-state index contributed by atoms with van der Waals surface area (Å²) in [6.07, 6.45) is -4.95. The van der Waals surface area contributed by atoms with Crippen LogP contribution in [0, 0.1) is 0 Å². The van der Waals surface area contributed by atoms with Crippen LogP contribution in [-0.2, 0) is 10.9 Å². The first-order valence-corrected chi connectivity index (χ1v) is 7.74. The van der Waals surface area contributed by atoms with Gasteiger partial charge in [-0.2, -0.15) is 13.2 Å². The summed E-state index contributed by atoms with van der Waals surface area (Å²) in [4.78, 5) is 14.3. The second-order valence-electron chi connectivity index (χ2n) is 5.70. The van der Waals surface area contributed by atoms with E-state index in [4.69, 9.17) is 4.74 Å². The third-order valence-corrected chi connectivity index (χ3v) is 4.11. The molecule has 0 fully saturated rings. The second-order valence-corrected chi connectivity index (χ2v) is 5.70. The molecule has 7 heteroatoms. The SMILES string of the molecule is COCCN1C(=O)c2ccccc2NC1c1ccc(C(F)(F)F)cc1. The summed E-state index contributed by atoms with van der Waals surface area (Å²) in [7, 11) is 1.53. The van der Waals surface area contributed by atoms with Crippen LogP contribution in [0.3, 0.4) is 0 Å². The zero-order chi connectivity index (χ0) is 18.0. The van der Waals surface area contributed by atoms with Gasteiger partial charge in [0.15, 0.2) is 0 Å². The predicted molar refractivity (Wildman–Crippen MR) is 87.2 cm³/mol. The van der Waals surface area contributed by atoms with Crippen molar-refractivity contribution in [1.29, 1.82) is 0 Å². The number of fused-ring (bicyclic) bond motifs is 1. The van der Waals surface area contributed by atoms with Gasteiger partial charge in [-0.1, -0.05) is 24.3 Å². The number of para-hydroxylation sites is 1. The Morgan fingerprint density at radius 1 is 1.12 bits per heavy atom. The molecule has 25 heavy (non-hydrogen) atoms. The Balaban J connectivity index is 1.96. The standard InChI is InChI=1S/C18H17F3N2O2/c1-25-11-10-23-16(12-6-8-13(9-7-12)18(19,20)21)22-15-5-3-2-4-14(15)17(23)24/h2-9,16,22H,10-11H2,1H3. The lowest BCUT2D eigenvalue weighted by molar-refractivity contribution is -0.137. The van der Waals surface area contributed by atoms with Gasteiger partial charge >= 0.3 is 6.18 Å². The van der Waals surface area contributed by atoms with Crippen LogP contribution in [0.15, 0.2) is 48.5 Å². The molecule has 1 amide bonds. The summed E-state index contributed by atoms with van der Waals surface area (Å²) in [5.41, 5.74) is 1.04. The van der Waals surface area contributed by atoms with Crippen molar-refractivity contribution in [3.05, 3.63) is 65.2 Å². The number of ether oxygens (including phenoxy) is 1. The van der Waals surface area contributed by atoms with Crippen molar-refractivity contribution in [1.82, 2.24) is 4.90 Å². The minimum Gasteiger partial charge on any atom is -0.383 e. The highest BCUT2D eigenvalue weighted by atomic mass is 19.4. The van der Waals surface area contributed by atoms with Crippen molar-refractivity contribution in [2.75, 3.05) is 25.6 Å². The largest absolute Gasteiger partial charge is 0.416 e. The summed E-state index contributed by atoms with van der Waals surface area (Å²) in [5, 5.41) is 3.23. The molecule has 0 bridgehead atoms. The van der Waals surface area contributed by atoms with E-state index in [0.29, 0.717) is 30.0 Å². The number of hydrogen-bond donors (Lipinski definition) is 1. The molecule has 0 spiro atoms. The molecule has 0 radical (unpaired) electrons. The van der Waals surface area contributed by atoms with Crippen molar-refractivity contribution >= 4 is 11.6 Å². The van der Waals surface area contributed by atoms with Crippen LogP contribution >= 0.6 is 0 Å². The number of methoxy groups -OCH3 is 1. The molecule has 1 N–H and O–H groups in total. The van der Waals surface area contributed by atoms with Crippen molar-refractivity contribution in [2.24, 2.45) is 0 Å². The predicted octanol–water partition coefficient (Wildman–Crippen LogP) is 3.92. The van der Waals surface area contributed by atoms with Gasteiger partial charge in [0.1, 0.15) is 6.17 Å². The molecular formula is C18H17F3N2O2. The number of rotatable bonds is 4. The van der Waals surface area contributed by atoms with Gasteiger partial charge in [-0.05, 0) is 29.8 Å². The summed E-state index contributed by atoms with van der Waals surface area (Å²) >= 11 is 0. The van der Waals surface area contributed by atoms with E-state index >= 15 is 0 Å². The number of benzene rings is 2. The third kappa shape index (κ3) is 3.46. The van der Waals surface area contributed by atoms with Gasteiger partial charge in [0.05, 0.1) is 17.7 Å². The normalized spacial score (nSPS) is 17.2. The molecule has 2 aromatic rings. The monoisotopic (exact) mass is 350 g/mol. The molecule has 0 aliphatic carbocycles. The van der Waals surface area contributed by atoms with Crippen molar-refractivity contribution in [3.8, 4) is 0 Å². The molecule has 1 heterocycles. The van der Waals surface area contributed by atoms with Crippen molar-refractivity contribution < 1.29 is 22.7 Å². The summed E-state index contributed by atoms with van der Waals surface area (Å²) in [5.74, 6) is -0.184. The minimum absolute atomic E-state index is 0.184. The number of carbonyl (C=O) groups is 1. The molecule has 1 aliphatic heterocycles. The quantitative estimate of drug-likeness (QED) is 0.909. The van der Waals surface area contributed by atoms with E-state index in [2.05, 4.69) is 5.32 Å². The second kappa shape index (κ2) is 6.76. The Morgan fingerprint density at radius 3 is 2.44 bits per heavy atom. The fraction of sp³-hybridized carbons (Fsp3) is 0.278. The molecule has 3 rings (SSSR count). The lowest BCUT2D eigenvalue weighted by atomic mass is 10.0. The molecule has 1 unspecified atom stereocenters. The number of nitrogens with zero attached hydrogens (tertiary/aromatic N) is 1. The van der Waals surface area contributed by atoms with Crippen LogP contribution in [0.4, 0.5) is 18.9 Å². The lowest BCUT2D eigenvalue weighted by Crippen LogP contribution is -2.44. The third-order valence-electron chi connectivity index (χ3n) is 4.11. The molecule has 0 saturated carbocycles. The average Bonchev–Trinajstić information content (AvgIpc) is 2.60. The summed E-state index contributed by atoms with van der Waals surface area (Å²) < 4.78 is 43.4. The van der Waals surface area contributed by atoms with Gasteiger partial charge in [-0.25, -0.2) is 0 Å². The Morgan fingerprint density at radius 2 is 1.80 bits per heavy atom. The molecule has 1 aliphatic rings. The first-order chi connectivity index (χ1) is 11.9. The fourth-order valence-electron chi connectivity index (χ4n) is 2.83. The van der Waals surface area contributed by atoms with Crippen LogP contribution in [0.25, 0.3) is 0 Å². The number of anilines is 1. The van der Waals surface area contributed by atoms with Crippen LogP contribution in [0.1, 0.15) is 27.7 Å². The highest BCUT2D eigenvalue weighted by molar-refractivity contribution is 6.01. The van der Waals surface area contributed by atoms with Gasteiger partial charge in [0.25, 0.3) is 5.91 Å². The average molecular weight is 350 g/mol. The molecule has 0 saturated heterocycles. The highest BCUT2D eigenvalue weighted by Crippen LogP contribution is 2.35. The Labute approximate surface area is 143 Å². The summed E-state index contributed by atoms with van der Waals surface area (Å²) in [6.45, 7) is 0.648. The first kappa shape index (κ1) is 17.3. The van der Waals surface area contributed by atoms with Crippen molar-refractivity contribution in [3.63, 3.8) is 0 Å². The van der Waals surface area contributed by atoms with Gasteiger partial charge < -0.3 is 15.0 Å². The lowest BCUT2D eigenvalue weighted by Gasteiger charge is -2.38. The minimum atomic E-state index is -4.39. The maximum absolute atomic E-state index is 12.8. The number of carbonyl (C=O) groups excluding carboxylic acids is 1. The number of halogens is 3. The molecule has 4 nitrogen and oxygen atoms in total. The smallest absolute Gasteiger partial charge is 0.383 e. The maximum atomic E-state index is 12.8. The number of hydrogen-bond acceptors (Lipinski definition) is 3. The van der Waals surface area contributed by atoms with E-state index in [0.717, 1.165) is 12.1 Å². The van der Waals surface area contributed by atoms with E-state index in [1.54, 1.807) is 29.2 Å². The molecule has 2 aromatic carbocycles. The van der Waals surface area contributed by atoms with E-state index < -0.39 is 17.9 Å². The molecule has 132 valence electrons. The Bertz CT molecular complexity index is 760. The van der Waals surface area contributed by atoms with Crippen LogP contribution in [0.2, 0.25) is 0 Å². The van der Waals surface area contributed by atoms with Gasteiger partial charge in [-0.3, -0.25) is 4.79 Å². The highest BCUT2D eigenvalue weighted by Gasteiger charge is 2.34. The number of alkyl halides is 3. The Hall–Kier alpha value is -2.54. The fourth-order valence-corrected chi connectivity index (χ4v) is 2.83. The van der Waals surface area contributed by atoms with Crippen LogP contribution in [0.5, 0.6) is 0 Å². The summed E-state index contributed by atoms with van der Waals surface area (Å²) in [6, 6.07) is 11.9. The van der Waals surface area contributed by atoms with E-state index in [1.807, 2.05) is 0 Å². The first-order valence-electron chi connectivity index (χ1n) is 7.74. The van der Waals surface area contributed by atoms with E-state index in [1.165, 1.54) is 19.2 Å². The zero-order valence-electron chi connectivity index (χ0n) is 13.5. The molecule has 0 aromatic heterocycles.